The average Bonchev–Trinajstić information content (AvgIpc) is 3.32. The number of aliphatic hydroxyl groups excluding tert-OH is 2. The Hall–Kier alpha value is -2.58. The summed E-state index contributed by atoms with van der Waals surface area (Å²) in [5, 5.41) is 19.4. The Kier molecular flexibility index (Phi) is 7.58. The van der Waals surface area contributed by atoms with Gasteiger partial charge in [0, 0.05) is 38.2 Å². The number of β-amino-alcohol motifs (C(OH)–C–C–N with tert-alkyl or cyclic N) is 1. The first-order chi connectivity index (χ1) is 17.1. The van der Waals surface area contributed by atoms with Crippen molar-refractivity contribution in [2.75, 3.05) is 19.6 Å². The Morgan fingerprint density at radius 1 is 0.914 bits per heavy atom. The van der Waals surface area contributed by atoms with Gasteiger partial charge in [-0.3, -0.25) is 4.90 Å². The summed E-state index contributed by atoms with van der Waals surface area (Å²) in [6.45, 7) is 2.87. The van der Waals surface area contributed by atoms with Crippen LogP contribution < -0.4 is 5.73 Å². The lowest BCUT2D eigenvalue weighted by Crippen LogP contribution is -2.38. The van der Waals surface area contributed by atoms with E-state index in [-0.39, 0.29) is 24.9 Å². The molecule has 0 radical (unpaired) electrons. The first-order valence-electron chi connectivity index (χ1n) is 12.4. The molecule has 2 saturated heterocycles. The lowest BCUT2D eigenvalue weighted by atomic mass is 9.97. The van der Waals surface area contributed by atoms with Crippen LogP contribution in [0.3, 0.4) is 0 Å². The molecule has 0 saturated carbocycles. The highest BCUT2D eigenvalue weighted by atomic mass is 16.7. The van der Waals surface area contributed by atoms with Gasteiger partial charge in [0.1, 0.15) is 0 Å². The van der Waals surface area contributed by atoms with Crippen molar-refractivity contribution in [3.8, 4) is 11.1 Å². The highest BCUT2D eigenvalue weighted by molar-refractivity contribution is 5.67. The van der Waals surface area contributed by atoms with E-state index in [0.29, 0.717) is 13.1 Å². The van der Waals surface area contributed by atoms with Crippen LogP contribution in [0.5, 0.6) is 0 Å². The molecule has 6 heteroatoms. The predicted molar refractivity (Wildman–Crippen MR) is 135 cm³/mol. The Labute approximate surface area is 206 Å². The van der Waals surface area contributed by atoms with Crippen LogP contribution in [0.2, 0.25) is 0 Å². The van der Waals surface area contributed by atoms with E-state index in [9.17, 15) is 10.2 Å². The molecule has 6 nitrogen and oxygen atoms in total. The Bertz CT molecular complexity index is 1100. The molecule has 0 aliphatic carbocycles. The van der Waals surface area contributed by atoms with E-state index in [2.05, 4.69) is 41.3 Å². The van der Waals surface area contributed by atoms with E-state index in [4.69, 9.17) is 15.2 Å². The number of ether oxygens (including phenoxy) is 2. The fourth-order valence-corrected chi connectivity index (χ4v) is 5.10. The molecule has 0 bridgehead atoms. The number of nitrogens with two attached hydrogens (primary N) is 1. The topological polar surface area (TPSA) is 88.2 Å². The van der Waals surface area contributed by atoms with Gasteiger partial charge in [-0.15, -0.1) is 0 Å². The number of benzene rings is 3. The first kappa shape index (κ1) is 24.1. The van der Waals surface area contributed by atoms with Gasteiger partial charge in [-0.25, -0.2) is 0 Å². The summed E-state index contributed by atoms with van der Waals surface area (Å²) in [5.41, 5.74) is 12.2. The molecule has 3 aromatic carbocycles. The zero-order chi connectivity index (χ0) is 24.2. The quantitative estimate of drug-likeness (QED) is 0.481. The molecule has 2 aliphatic rings. The van der Waals surface area contributed by atoms with Gasteiger partial charge in [-0.05, 0) is 34.2 Å². The van der Waals surface area contributed by atoms with Crippen molar-refractivity contribution in [3.05, 3.63) is 95.1 Å². The van der Waals surface area contributed by atoms with Gasteiger partial charge < -0.3 is 25.4 Å². The van der Waals surface area contributed by atoms with Crippen molar-refractivity contribution in [2.24, 2.45) is 5.73 Å². The smallest absolute Gasteiger partial charge is 0.184 e. The molecule has 4 atom stereocenters. The molecule has 3 aromatic rings. The van der Waals surface area contributed by atoms with Gasteiger partial charge in [0.15, 0.2) is 6.29 Å². The molecule has 0 aromatic heterocycles. The lowest BCUT2D eigenvalue weighted by molar-refractivity contribution is -0.252. The monoisotopic (exact) mass is 474 g/mol. The van der Waals surface area contributed by atoms with Crippen LogP contribution in [0.4, 0.5) is 0 Å². The van der Waals surface area contributed by atoms with Gasteiger partial charge in [-0.2, -0.15) is 0 Å². The van der Waals surface area contributed by atoms with Crippen molar-refractivity contribution >= 4 is 0 Å². The molecule has 5 rings (SSSR count). The van der Waals surface area contributed by atoms with Crippen molar-refractivity contribution < 1.29 is 19.7 Å². The number of nitrogens with zero attached hydrogens (tertiary/aromatic N) is 1. The molecule has 0 amide bonds. The van der Waals surface area contributed by atoms with Gasteiger partial charge in [-0.1, -0.05) is 72.8 Å². The second-order valence-corrected chi connectivity index (χ2v) is 9.54. The molecular weight excluding hydrogens is 440 g/mol. The van der Waals surface area contributed by atoms with Crippen LogP contribution in [0.1, 0.15) is 47.5 Å². The molecule has 0 spiro atoms. The minimum absolute atomic E-state index is 0.0146. The summed E-state index contributed by atoms with van der Waals surface area (Å²) in [4.78, 5) is 2.27. The molecule has 2 aliphatic heterocycles. The molecule has 2 heterocycles. The maximum Gasteiger partial charge on any atom is 0.184 e. The molecule has 0 unspecified atom stereocenters. The number of hydrogen-bond acceptors (Lipinski definition) is 6. The highest BCUT2D eigenvalue weighted by Gasteiger charge is 2.34. The Balaban J connectivity index is 1.37. The van der Waals surface area contributed by atoms with E-state index in [1.165, 1.54) is 0 Å². The van der Waals surface area contributed by atoms with E-state index in [1.807, 2.05) is 36.4 Å². The zero-order valence-electron chi connectivity index (χ0n) is 19.9. The standard InChI is InChI=1S/C29H34N2O4/c30-16-24-3-1-2-4-27(24)21-9-11-23(12-10-21)29-34-26(18-31-14-13-25(33)17-31)15-28(35-29)22-7-5-20(19-32)6-8-22/h1-12,25-26,28-29,32-33H,13-19,30H2/t25-,26-,28+,29+/m0/s1. The SMILES string of the molecule is NCc1ccccc1-c1ccc([C@@H]2O[C@H](CN3CC[C@H](O)C3)C[C@H](c3ccc(CO)cc3)O2)cc1. The highest BCUT2D eigenvalue weighted by Crippen LogP contribution is 2.39. The Morgan fingerprint density at radius 2 is 1.66 bits per heavy atom. The maximum atomic E-state index is 9.96. The van der Waals surface area contributed by atoms with Crippen LogP contribution in [-0.4, -0.2) is 47.0 Å². The van der Waals surface area contributed by atoms with Crippen LogP contribution in [0, 0.1) is 0 Å². The van der Waals surface area contributed by atoms with E-state index < -0.39 is 6.29 Å². The molecular formula is C29H34N2O4. The summed E-state index contributed by atoms with van der Waals surface area (Å²) in [6, 6.07) is 24.5. The largest absolute Gasteiger partial charge is 0.392 e. The summed E-state index contributed by atoms with van der Waals surface area (Å²) >= 11 is 0. The van der Waals surface area contributed by atoms with Crippen LogP contribution >= 0.6 is 0 Å². The third kappa shape index (κ3) is 5.64. The third-order valence-electron chi connectivity index (χ3n) is 7.06. The first-order valence-corrected chi connectivity index (χ1v) is 12.4. The third-order valence-corrected chi connectivity index (χ3v) is 7.06. The molecule has 2 fully saturated rings. The molecule has 35 heavy (non-hydrogen) atoms. The predicted octanol–water partition coefficient (Wildman–Crippen LogP) is 3.92. The number of aliphatic hydroxyl groups is 2. The number of rotatable bonds is 7. The van der Waals surface area contributed by atoms with Gasteiger partial charge in [0.05, 0.1) is 24.9 Å². The number of hydrogen-bond donors (Lipinski definition) is 3. The van der Waals surface area contributed by atoms with Gasteiger partial charge >= 0.3 is 0 Å². The molecule has 184 valence electrons. The van der Waals surface area contributed by atoms with Crippen molar-refractivity contribution in [3.63, 3.8) is 0 Å². The van der Waals surface area contributed by atoms with E-state index in [0.717, 1.165) is 59.3 Å². The van der Waals surface area contributed by atoms with Gasteiger partial charge in [0.2, 0.25) is 0 Å². The van der Waals surface area contributed by atoms with E-state index in [1.54, 1.807) is 0 Å². The summed E-state index contributed by atoms with van der Waals surface area (Å²) < 4.78 is 12.9. The fourth-order valence-electron chi connectivity index (χ4n) is 5.10. The van der Waals surface area contributed by atoms with Gasteiger partial charge in [0.25, 0.3) is 0 Å². The fraction of sp³-hybridized carbons (Fsp3) is 0.379. The van der Waals surface area contributed by atoms with Crippen molar-refractivity contribution in [1.29, 1.82) is 0 Å². The van der Waals surface area contributed by atoms with Crippen LogP contribution in [-0.2, 0) is 22.6 Å². The van der Waals surface area contributed by atoms with Crippen LogP contribution in [0.15, 0.2) is 72.8 Å². The van der Waals surface area contributed by atoms with Crippen molar-refractivity contribution in [2.45, 2.75) is 50.6 Å². The lowest BCUT2D eigenvalue weighted by Gasteiger charge is -2.38. The zero-order valence-corrected chi connectivity index (χ0v) is 19.9. The number of likely N-dealkylation sites (tertiary alicyclic amines) is 1. The maximum absolute atomic E-state index is 9.96. The normalized spacial score (nSPS) is 25.1. The van der Waals surface area contributed by atoms with Crippen molar-refractivity contribution in [1.82, 2.24) is 4.90 Å². The minimum atomic E-state index is -0.484. The minimum Gasteiger partial charge on any atom is -0.392 e. The van der Waals surface area contributed by atoms with Crippen LogP contribution in [0.25, 0.3) is 11.1 Å². The van der Waals surface area contributed by atoms with E-state index >= 15 is 0 Å². The average molecular weight is 475 g/mol. The summed E-state index contributed by atoms with van der Waals surface area (Å²) in [6.07, 6.45) is 0.684. The second-order valence-electron chi connectivity index (χ2n) is 9.54. The Morgan fingerprint density at radius 3 is 2.34 bits per heavy atom. The summed E-state index contributed by atoms with van der Waals surface area (Å²) in [5.74, 6) is 0. The molecule has 4 N–H and O–H groups in total. The second kappa shape index (κ2) is 11.0. The summed E-state index contributed by atoms with van der Waals surface area (Å²) in [7, 11) is 0.